The predicted octanol–water partition coefficient (Wildman–Crippen LogP) is 1.58. The van der Waals surface area contributed by atoms with Gasteiger partial charge in [0, 0.05) is 57.7 Å². The molecule has 1 aromatic heterocycles. The van der Waals surface area contributed by atoms with Crippen LogP contribution in [0.5, 0.6) is 0 Å². The molecule has 0 aliphatic heterocycles. The number of nitrogens with one attached hydrogen (secondary N) is 2. The molecule has 0 saturated heterocycles. The zero-order valence-electron chi connectivity index (χ0n) is 15.4. The van der Waals surface area contributed by atoms with Gasteiger partial charge in [-0.25, -0.2) is 4.98 Å². The second kappa shape index (κ2) is 9.96. The lowest BCUT2D eigenvalue weighted by atomic mass is 10.4. The van der Waals surface area contributed by atoms with E-state index < -0.39 is 0 Å². The first-order valence-electron chi connectivity index (χ1n) is 8.74. The van der Waals surface area contributed by atoms with E-state index >= 15 is 0 Å². The fourth-order valence-electron chi connectivity index (χ4n) is 2.60. The average Bonchev–Trinajstić information content (AvgIpc) is 3.35. The van der Waals surface area contributed by atoms with Crippen molar-refractivity contribution in [2.75, 3.05) is 46.9 Å². The number of nitrogens with zero attached hydrogens (tertiary/aromatic N) is 3. The van der Waals surface area contributed by atoms with Crippen LogP contribution in [0, 0.1) is 13.8 Å². The lowest BCUT2D eigenvalue weighted by molar-refractivity contribution is 0.144. The van der Waals surface area contributed by atoms with Gasteiger partial charge >= 0.3 is 0 Å². The van der Waals surface area contributed by atoms with E-state index in [1.54, 1.807) is 18.4 Å². The van der Waals surface area contributed by atoms with E-state index in [1.807, 2.05) is 7.05 Å². The molecule has 24 heavy (non-hydrogen) atoms. The molecule has 0 bridgehead atoms. The molecule has 2 rings (SSSR count). The van der Waals surface area contributed by atoms with Crippen molar-refractivity contribution in [3.8, 4) is 0 Å². The summed E-state index contributed by atoms with van der Waals surface area (Å²) >= 11 is 1.78. The first-order valence-corrected chi connectivity index (χ1v) is 9.56. The molecule has 6 nitrogen and oxygen atoms in total. The van der Waals surface area contributed by atoms with E-state index in [1.165, 1.54) is 22.7 Å². The van der Waals surface area contributed by atoms with Crippen LogP contribution in [0.2, 0.25) is 0 Å². The van der Waals surface area contributed by atoms with Gasteiger partial charge in [0.2, 0.25) is 0 Å². The molecule has 7 heteroatoms. The maximum absolute atomic E-state index is 5.20. The fraction of sp³-hybridized carbons (Fsp3) is 0.765. The molecule has 1 aliphatic carbocycles. The van der Waals surface area contributed by atoms with Gasteiger partial charge in [-0.3, -0.25) is 9.89 Å². The summed E-state index contributed by atoms with van der Waals surface area (Å²) in [6.45, 7) is 8.78. The largest absolute Gasteiger partial charge is 0.383 e. The molecule has 0 atom stereocenters. The van der Waals surface area contributed by atoms with E-state index in [4.69, 9.17) is 4.74 Å². The summed E-state index contributed by atoms with van der Waals surface area (Å²) in [7, 11) is 3.58. The number of ether oxygens (including phenoxy) is 1. The van der Waals surface area contributed by atoms with Gasteiger partial charge in [0.25, 0.3) is 0 Å². The summed E-state index contributed by atoms with van der Waals surface area (Å²) in [5.74, 6) is 0.863. The standard InChI is InChI=1S/C17H31N5OS/c1-13-14(2)24-16(21-13)7-8-19-17(18-3)20-9-10-22(11-12-23-4)15-5-6-15/h15H,5-12H2,1-4H3,(H2,18,19,20). The predicted molar refractivity (Wildman–Crippen MR) is 101 cm³/mol. The molecular weight excluding hydrogens is 322 g/mol. The van der Waals surface area contributed by atoms with Gasteiger partial charge in [-0.05, 0) is 26.7 Å². The number of guanidine groups is 1. The highest BCUT2D eigenvalue weighted by molar-refractivity contribution is 7.11. The molecule has 1 fully saturated rings. The van der Waals surface area contributed by atoms with Crippen molar-refractivity contribution in [1.29, 1.82) is 0 Å². The number of rotatable bonds is 10. The van der Waals surface area contributed by atoms with E-state index in [9.17, 15) is 0 Å². The van der Waals surface area contributed by atoms with Crippen molar-refractivity contribution in [3.05, 3.63) is 15.6 Å². The van der Waals surface area contributed by atoms with Gasteiger partial charge in [0.05, 0.1) is 17.3 Å². The molecule has 0 radical (unpaired) electrons. The van der Waals surface area contributed by atoms with E-state index in [0.29, 0.717) is 0 Å². The first kappa shape index (κ1) is 19.1. The first-order chi connectivity index (χ1) is 11.6. The van der Waals surface area contributed by atoms with Crippen LogP contribution in [-0.2, 0) is 11.2 Å². The molecule has 1 saturated carbocycles. The third-order valence-corrected chi connectivity index (χ3v) is 5.40. The minimum Gasteiger partial charge on any atom is -0.383 e. The van der Waals surface area contributed by atoms with Crippen LogP contribution in [0.4, 0.5) is 0 Å². The normalized spacial score (nSPS) is 15.1. The highest BCUT2D eigenvalue weighted by atomic mass is 32.1. The monoisotopic (exact) mass is 353 g/mol. The number of aryl methyl sites for hydroxylation is 2. The minimum atomic E-state index is 0.758. The Bertz CT molecular complexity index is 508. The Morgan fingerprint density at radius 1 is 1.29 bits per heavy atom. The summed E-state index contributed by atoms with van der Waals surface area (Å²) in [5, 5.41) is 7.96. The Morgan fingerprint density at radius 3 is 2.62 bits per heavy atom. The maximum Gasteiger partial charge on any atom is 0.191 e. The van der Waals surface area contributed by atoms with Crippen LogP contribution < -0.4 is 10.6 Å². The zero-order valence-corrected chi connectivity index (χ0v) is 16.2. The fourth-order valence-corrected chi connectivity index (χ4v) is 3.53. The maximum atomic E-state index is 5.20. The Kier molecular flexibility index (Phi) is 7.94. The summed E-state index contributed by atoms with van der Waals surface area (Å²) in [5.41, 5.74) is 1.15. The van der Waals surface area contributed by atoms with Crippen molar-refractivity contribution >= 4 is 17.3 Å². The summed E-state index contributed by atoms with van der Waals surface area (Å²) in [6, 6.07) is 0.758. The summed E-state index contributed by atoms with van der Waals surface area (Å²) in [6.07, 6.45) is 3.58. The van der Waals surface area contributed by atoms with Crippen LogP contribution >= 0.6 is 11.3 Å². The van der Waals surface area contributed by atoms with Crippen molar-refractivity contribution in [3.63, 3.8) is 0 Å². The molecule has 2 N–H and O–H groups in total. The molecule has 1 aromatic rings. The Labute approximate surface area is 149 Å². The zero-order chi connectivity index (χ0) is 17.4. The van der Waals surface area contributed by atoms with Crippen LogP contribution in [0.3, 0.4) is 0 Å². The molecule has 1 aliphatic rings. The van der Waals surface area contributed by atoms with E-state index in [-0.39, 0.29) is 0 Å². The van der Waals surface area contributed by atoms with Gasteiger partial charge in [-0.1, -0.05) is 0 Å². The van der Waals surface area contributed by atoms with E-state index in [2.05, 4.69) is 39.4 Å². The van der Waals surface area contributed by atoms with Gasteiger partial charge in [0.1, 0.15) is 0 Å². The molecule has 136 valence electrons. The van der Waals surface area contributed by atoms with Gasteiger partial charge < -0.3 is 15.4 Å². The van der Waals surface area contributed by atoms with Gasteiger partial charge in [-0.2, -0.15) is 0 Å². The Morgan fingerprint density at radius 2 is 2.04 bits per heavy atom. The molecule has 0 amide bonds. The molecule has 0 unspecified atom stereocenters. The number of hydrogen-bond acceptors (Lipinski definition) is 5. The van der Waals surface area contributed by atoms with Crippen molar-refractivity contribution < 1.29 is 4.74 Å². The summed E-state index contributed by atoms with van der Waals surface area (Å²) in [4.78, 5) is 12.7. The van der Waals surface area contributed by atoms with Crippen molar-refractivity contribution in [1.82, 2.24) is 20.5 Å². The van der Waals surface area contributed by atoms with Crippen LogP contribution in [0.25, 0.3) is 0 Å². The highest BCUT2D eigenvalue weighted by Crippen LogP contribution is 2.25. The number of aromatic nitrogens is 1. The van der Waals surface area contributed by atoms with Gasteiger partial charge in [-0.15, -0.1) is 11.3 Å². The summed E-state index contributed by atoms with van der Waals surface area (Å²) < 4.78 is 5.20. The second-order valence-electron chi connectivity index (χ2n) is 6.18. The molecule has 0 spiro atoms. The smallest absolute Gasteiger partial charge is 0.191 e. The molecule has 0 aromatic carbocycles. The van der Waals surface area contributed by atoms with Crippen molar-refractivity contribution in [2.24, 2.45) is 4.99 Å². The SMILES string of the molecule is CN=C(NCCc1nc(C)c(C)s1)NCCN(CCOC)C1CC1. The highest BCUT2D eigenvalue weighted by Gasteiger charge is 2.28. The Hall–Kier alpha value is -1.18. The number of hydrogen-bond donors (Lipinski definition) is 2. The number of methoxy groups -OCH3 is 1. The topological polar surface area (TPSA) is 61.8 Å². The van der Waals surface area contributed by atoms with Gasteiger partial charge in [0.15, 0.2) is 5.96 Å². The Balaban J connectivity index is 1.64. The molecular formula is C17H31N5OS. The van der Waals surface area contributed by atoms with Crippen LogP contribution in [-0.4, -0.2) is 68.8 Å². The third kappa shape index (κ3) is 6.37. The third-order valence-electron chi connectivity index (χ3n) is 4.27. The lowest BCUT2D eigenvalue weighted by Crippen LogP contribution is -2.43. The van der Waals surface area contributed by atoms with Crippen molar-refractivity contribution in [2.45, 2.75) is 39.2 Å². The lowest BCUT2D eigenvalue weighted by Gasteiger charge is -2.22. The second-order valence-corrected chi connectivity index (χ2v) is 7.47. The number of thiazole rings is 1. The quantitative estimate of drug-likeness (QED) is 0.494. The molecule has 1 heterocycles. The minimum absolute atomic E-state index is 0.758. The van der Waals surface area contributed by atoms with Crippen LogP contribution in [0.1, 0.15) is 28.4 Å². The van der Waals surface area contributed by atoms with Crippen LogP contribution in [0.15, 0.2) is 4.99 Å². The van der Waals surface area contributed by atoms with E-state index in [0.717, 1.165) is 56.9 Å². The average molecular weight is 354 g/mol. The number of aliphatic imine (C=N–C) groups is 1.